The zero-order valence-corrected chi connectivity index (χ0v) is 18.4. The van der Waals surface area contributed by atoms with Crippen molar-refractivity contribution in [3.8, 4) is 0 Å². The van der Waals surface area contributed by atoms with E-state index in [1.165, 1.54) is 24.1 Å². The molecule has 0 radical (unpaired) electrons. The number of benzene rings is 3. The van der Waals surface area contributed by atoms with Crippen LogP contribution < -0.4 is 4.90 Å². The van der Waals surface area contributed by atoms with E-state index >= 15 is 0 Å². The second-order valence-electron chi connectivity index (χ2n) is 7.34. The van der Waals surface area contributed by atoms with Crippen molar-refractivity contribution in [1.29, 1.82) is 0 Å². The van der Waals surface area contributed by atoms with Gasteiger partial charge in [-0.2, -0.15) is 0 Å². The molecule has 0 spiro atoms. The van der Waals surface area contributed by atoms with Gasteiger partial charge >= 0.3 is 0 Å². The molecule has 166 valence electrons. The molecular weight excluding hydrogens is 444 g/mol. The van der Waals surface area contributed by atoms with Gasteiger partial charge in [0.2, 0.25) is 5.91 Å². The summed E-state index contributed by atoms with van der Waals surface area (Å²) in [6, 6.07) is 19.5. The first kappa shape index (κ1) is 22.4. The zero-order chi connectivity index (χ0) is 23.5. The Morgan fingerprint density at radius 1 is 0.909 bits per heavy atom. The molecule has 3 aromatic rings. The summed E-state index contributed by atoms with van der Waals surface area (Å²) in [5.41, 5.74) is 1.38. The SMILES string of the molecule is COCN(C(=O)CN1C(=O)c2ccccc2C1=O)c1ccc(Cl)cc1C(=O)c1ccccc1. The number of hydrogen-bond donors (Lipinski definition) is 0. The Kier molecular flexibility index (Phi) is 6.35. The molecule has 0 unspecified atom stereocenters. The van der Waals surface area contributed by atoms with Crippen LogP contribution in [0.1, 0.15) is 36.6 Å². The van der Waals surface area contributed by atoms with E-state index in [9.17, 15) is 19.2 Å². The van der Waals surface area contributed by atoms with E-state index in [4.69, 9.17) is 16.3 Å². The van der Waals surface area contributed by atoms with Gasteiger partial charge in [0.1, 0.15) is 13.3 Å². The summed E-state index contributed by atoms with van der Waals surface area (Å²) in [5, 5.41) is 0.322. The number of ketones is 1. The van der Waals surface area contributed by atoms with E-state index in [1.807, 2.05) is 0 Å². The highest BCUT2D eigenvalue weighted by molar-refractivity contribution is 6.31. The van der Waals surface area contributed by atoms with Crippen LogP contribution in [0.25, 0.3) is 0 Å². The molecule has 0 fully saturated rings. The number of rotatable bonds is 7. The van der Waals surface area contributed by atoms with Gasteiger partial charge in [-0.05, 0) is 30.3 Å². The van der Waals surface area contributed by atoms with Crippen LogP contribution in [-0.2, 0) is 9.53 Å². The summed E-state index contributed by atoms with van der Waals surface area (Å²) < 4.78 is 5.20. The van der Waals surface area contributed by atoms with Crippen molar-refractivity contribution in [2.24, 2.45) is 0 Å². The first-order valence-corrected chi connectivity index (χ1v) is 10.4. The molecular formula is C25H19ClN2O5. The summed E-state index contributed by atoms with van der Waals surface area (Å²) in [6.45, 7) is -0.698. The van der Waals surface area contributed by atoms with Gasteiger partial charge in [-0.1, -0.05) is 54.1 Å². The van der Waals surface area contributed by atoms with Crippen LogP contribution in [-0.4, -0.2) is 48.8 Å². The van der Waals surface area contributed by atoms with Crippen molar-refractivity contribution in [2.45, 2.75) is 0 Å². The normalized spacial score (nSPS) is 12.6. The van der Waals surface area contributed by atoms with E-state index in [-0.39, 0.29) is 34.9 Å². The van der Waals surface area contributed by atoms with Crippen LogP contribution >= 0.6 is 11.6 Å². The van der Waals surface area contributed by atoms with Crippen LogP contribution in [0.4, 0.5) is 5.69 Å². The predicted octanol–water partition coefficient (Wildman–Crippen LogP) is 3.80. The highest BCUT2D eigenvalue weighted by atomic mass is 35.5. The fraction of sp³-hybridized carbons (Fsp3) is 0.120. The quantitative estimate of drug-likeness (QED) is 0.303. The molecule has 0 saturated heterocycles. The number of imide groups is 1. The maximum atomic E-state index is 13.3. The molecule has 1 heterocycles. The molecule has 0 bridgehead atoms. The largest absolute Gasteiger partial charge is 0.364 e. The van der Waals surface area contributed by atoms with Crippen molar-refractivity contribution in [2.75, 3.05) is 25.3 Å². The van der Waals surface area contributed by atoms with Crippen LogP contribution in [0.3, 0.4) is 0 Å². The summed E-state index contributed by atoms with van der Waals surface area (Å²) in [7, 11) is 1.40. The minimum absolute atomic E-state index is 0.196. The average molecular weight is 463 g/mol. The van der Waals surface area contributed by atoms with E-state index in [0.29, 0.717) is 10.6 Å². The molecule has 3 amide bonds. The van der Waals surface area contributed by atoms with E-state index < -0.39 is 24.3 Å². The molecule has 8 heteroatoms. The number of methoxy groups -OCH3 is 1. The highest BCUT2D eigenvalue weighted by Gasteiger charge is 2.37. The number of carbonyl (C=O) groups is 4. The fourth-order valence-electron chi connectivity index (χ4n) is 3.68. The Balaban J connectivity index is 1.67. The Hall–Kier alpha value is -3.81. The number of nitrogens with zero attached hydrogens (tertiary/aromatic N) is 2. The summed E-state index contributed by atoms with van der Waals surface area (Å²) >= 11 is 6.15. The van der Waals surface area contributed by atoms with Gasteiger partial charge in [-0.15, -0.1) is 0 Å². The lowest BCUT2D eigenvalue weighted by molar-refractivity contribution is -0.119. The van der Waals surface area contributed by atoms with Crippen molar-refractivity contribution >= 4 is 40.8 Å². The van der Waals surface area contributed by atoms with Gasteiger partial charge in [0.05, 0.1) is 16.8 Å². The Morgan fingerprint density at radius 2 is 1.52 bits per heavy atom. The highest BCUT2D eigenvalue weighted by Crippen LogP contribution is 2.28. The lowest BCUT2D eigenvalue weighted by Gasteiger charge is -2.26. The van der Waals surface area contributed by atoms with Gasteiger partial charge < -0.3 is 4.74 Å². The Morgan fingerprint density at radius 3 is 2.12 bits per heavy atom. The number of fused-ring (bicyclic) bond motifs is 1. The van der Waals surface area contributed by atoms with Gasteiger partial charge in [0.15, 0.2) is 5.78 Å². The molecule has 0 atom stereocenters. The summed E-state index contributed by atoms with van der Waals surface area (Å²) in [6.07, 6.45) is 0. The molecule has 3 aromatic carbocycles. The predicted molar refractivity (Wildman–Crippen MR) is 122 cm³/mol. The molecule has 0 aliphatic carbocycles. The summed E-state index contributed by atoms with van der Waals surface area (Å²) in [4.78, 5) is 54.0. The number of amides is 3. The van der Waals surface area contributed by atoms with Crippen LogP contribution in [0, 0.1) is 0 Å². The van der Waals surface area contributed by atoms with Crippen molar-refractivity contribution in [3.63, 3.8) is 0 Å². The third-order valence-electron chi connectivity index (χ3n) is 5.26. The number of anilines is 1. The molecule has 0 saturated carbocycles. The van der Waals surface area contributed by atoms with Crippen molar-refractivity contribution < 1.29 is 23.9 Å². The average Bonchev–Trinajstić information content (AvgIpc) is 3.07. The van der Waals surface area contributed by atoms with E-state index in [1.54, 1.807) is 60.7 Å². The van der Waals surface area contributed by atoms with Crippen LogP contribution in [0.5, 0.6) is 0 Å². The molecule has 1 aliphatic rings. The van der Waals surface area contributed by atoms with Gasteiger partial charge in [-0.3, -0.25) is 29.0 Å². The topological polar surface area (TPSA) is 84.0 Å². The van der Waals surface area contributed by atoms with Crippen molar-refractivity contribution in [1.82, 2.24) is 4.90 Å². The number of hydrogen-bond acceptors (Lipinski definition) is 5. The maximum Gasteiger partial charge on any atom is 0.262 e. The lowest BCUT2D eigenvalue weighted by atomic mass is 10.0. The number of ether oxygens (including phenoxy) is 1. The smallest absolute Gasteiger partial charge is 0.262 e. The minimum Gasteiger partial charge on any atom is -0.364 e. The Labute approximate surface area is 195 Å². The molecule has 33 heavy (non-hydrogen) atoms. The molecule has 0 aromatic heterocycles. The zero-order valence-electron chi connectivity index (χ0n) is 17.7. The monoisotopic (exact) mass is 462 g/mol. The number of carbonyl (C=O) groups excluding carboxylic acids is 4. The summed E-state index contributed by atoms with van der Waals surface area (Å²) in [5.74, 6) is -2.01. The van der Waals surface area contributed by atoms with E-state index in [0.717, 1.165) is 4.90 Å². The molecule has 1 aliphatic heterocycles. The molecule has 7 nitrogen and oxygen atoms in total. The number of halogens is 1. The fourth-order valence-corrected chi connectivity index (χ4v) is 3.85. The lowest BCUT2D eigenvalue weighted by Crippen LogP contribution is -2.44. The van der Waals surface area contributed by atoms with Gasteiger partial charge in [0, 0.05) is 23.3 Å². The maximum absolute atomic E-state index is 13.3. The third kappa shape index (κ3) is 4.28. The minimum atomic E-state index is -0.587. The first-order chi connectivity index (χ1) is 15.9. The molecule has 4 rings (SSSR count). The van der Waals surface area contributed by atoms with Gasteiger partial charge in [0.25, 0.3) is 11.8 Å². The van der Waals surface area contributed by atoms with Crippen molar-refractivity contribution in [3.05, 3.63) is 100 Å². The third-order valence-corrected chi connectivity index (χ3v) is 5.50. The molecule has 0 N–H and O–H groups in total. The van der Waals surface area contributed by atoms with Crippen LogP contribution in [0.2, 0.25) is 5.02 Å². The first-order valence-electron chi connectivity index (χ1n) is 10.1. The second kappa shape index (κ2) is 9.36. The second-order valence-corrected chi connectivity index (χ2v) is 7.77. The van der Waals surface area contributed by atoms with E-state index in [2.05, 4.69) is 0 Å². The standard InChI is InChI=1S/C25H19ClN2O5/c1-33-15-28(22(29)14-27-24(31)18-9-5-6-10-19(18)25(27)32)21-12-11-17(26)13-20(21)23(30)16-7-3-2-4-8-16/h2-13H,14-15H2,1H3. The Bertz CT molecular complexity index is 1220. The van der Waals surface area contributed by atoms with Crippen LogP contribution in [0.15, 0.2) is 72.8 Å². The van der Waals surface area contributed by atoms with Gasteiger partial charge in [-0.25, -0.2) is 0 Å².